The molecule has 0 unspecified atom stereocenters. The zero-order valence-electron chi connectivity index (χ0n) is 11.1. The summed E-state index contributed by atoms with van der Waals surface area (Å²) < 4.78 is 0. The second-order valence-electron chi connectivity index (χ2n) is 4.70. The molecule has 0 aliphatic carbocycles. The van der Waals surface area contributed by atoms with Gasteiger partial charge in [0, 0.05) is 25.9 Å². The summed E-state index contributed by atoms with van der Waals surface area (Å²) in [6.07, 6.45) is 3.22. The van der Waals surface area contributed by atoms with Crippen LogP contribution in [-0.2, 0) is 9.59 Å². The maximum absolute atomic E-state index is 12.0. The molecule has 1 heterocycles. The second kappa shape index (κ2) is 7.43. The van der Waals surface area contributed by atoms with E-state index in [-0.39, 0.29) is 11.7 Å². The highest BCUT2D eigenvalue weighted by molar-refractivity contribution is 5.84. The van der Waals surface area contributed by atoms with Gasteiger partial charge in [-0.15, -0.1) is 0 Å². The molecule has 0 aromatic carbocycles. The second-order valence-corrected chi connectivity index (χ2v) is 4.70. The zero-order valence-corrected chi connectivity index (χ0v) is 11.1. The Bertz CT molecular complexity index is 250. The first-order valence-corrected chi connectivity index (χ1v) is 6.69. The van der Waals surface area contributed by atoms with Crippen molar-refractivity contribution in [3.63, 3.8) is 0 Å². The summed E-state index contributed by atoms with van der Waals surface area (Å²) in [6, 6.07) is 0. The fourth-order valence-electron chi connectivity index (χ4n) is 2.20. The number of piperidine rings is 1. The van der Waals surface area contributed by atoms with Gasteiger partial charge in [-0.2, -0.15) is 0 Å². The lowest BCUT2D eigenvalue weighted by atomic mass is 10.1. The summed E-state index contributed by atoms with van der Waals surface area (Å²) in [5.74, 6) is 0.465. The third-order valence-corrected chi connectivity index (χ3v) is 3.11. The first-order chi connectivity index (χ1) is 8.17. The Balaban J connectivity index is 2.37. The molecule has 1 rings (SSSR count). The van der Waals surface area contributed by atoms with Gasteiger partial charge in [-0.3, -0.25) is 14.5 Å². The minimum atomic E-state index is 0.180. The lowest BCUT2D eigenvalue weighted by Crippen LogP contribution is -2.44. The Morgan fingerprint density at radius 3 is 2.18 bits per heavy atom. The smallest absolute Gasteiger partial charge is 0.236 e. The first-order valence-electron chi connectivity index (χ1n) is 6.69. The Hall–Kier alpha value is -0.900. The number of rotatable bonds is 6. The number of hydrogen-bond acceptors (Lipinski definition) is 3. The van der Waals surface area contributed by atoms with Gasteiger partial charge in [0.05, 0.1) is 6.54 Å². The molecule has 17 heavy (non-hydrogen) atoms. The molecular weight excluding hydrogens is 216 g/mol. The standard InChI is InChI=1S/C13H24N2O2/c1-3-7-14(8-4-2)11-13(17)15-9-5-12(16)6-10-15/h3-11H2,1-2H3. The molecule has 1 fully saturated rings. The zero-order chi connectivity index (χ0) is 12.7. The fourth-order valence-corrected chi connectivity index (χ4v) is 2.20. The van der Waals surface area contributed by atoms with E-state index in [4.69, 9.17) is 0 Å². The van der Waals surface area contributed by atoms with E-state index in [1.165, 1.54) is 0 Å². The largest absolute Gasteiger partial charge is 0.341 e. The average Bonchev–Trinajstić information content (AvgIpc) is 2.30. The average molecular weight is 240 g/mol. The van der Waals surface area contributed by atoms with Crippen LogP contribution in [0.5, 0.6) is 0 Å². The fraction of sp³-hybridized carbons (Fsp3) is 0.846. The normalized spacial score (nSPS) is 16.6. The Morgan fingerprint density at radius 1 is 1.18 bits per heavy atom. The van der Waals surface area contributed by atoms with Crippen LogP contribution < -0.4 is 0 Å². The molecule has 1 amide bonds. The molecule has 0 atom stereocenters. The number of hydrogen-bond donors (Lipinski definition) is 0. The topological polar surface area (TPSA) is 40.6 Å². The maximum Gasteiger partial charge on any atom is 0.236 e. The van der Waals surface area contributed by atoms with Crippen molar-refractivity contribution >= 4 is 11.7 Å². The van der Waals surface area contributed by atoms with Gasteiger partial charge in [0.25, 0.3) is 0 Å². The van der Waals surface area contributed by atoms with E-state index in [1.54, 1.807) is 0 Å². The van der Waals surface area contributed by atoms with Gasteiger partial charge in [0.15, 0.2) is 0 Å². The van der Waals surface area contributed by atoms with Gasteiger partial charge < -0.3 is 4.90 Å². The number of ketones is 1. The predicted molar refractivity (Wildman–Crippen MR) is 67.8 cm³/mol. The van der Waals surface area contributed by atoms with Crippen LogP contribution in [0.1, 0.15) is 39.5 Å². The number of nitrogens with zero attached hydrogens (tertiary/aromatic N) is 2. The summed E-state index contributed by atoms with van der Waals surface area (Å²) >= 11 is 0. The lowest BCUT2D eigenvalue weighted by molar-refractivity contribution is -0.135. The van der Waals surface area contributed by atoms with E-state index in [9.17, 15) is 9.59 Å². The first kappa shape index (κ1) is 14.2. The highest BCUT2D eigenvalue weighted by atomic mass is 16.2. The van der Waals surface area contributed by atoms with Crippen molar-refractivity contribution in [1.29, 1.82) is 0 Å². The van der Waals surface area contributed by atoms with Crippen LogP contribution in [0.15, 0.2) is 0 Å². The molecule has 0 aromatic rings. The van der Waals surface area contributed by atoms with Gasteiger partial charge in [0.2, 0.25) is 5.91 Å². The minimum absolute atomic E-state index is 0.180. The monoisotopic (exact) mass is 240 g/mol. The highest BCUT2D eigenvalue weighted by Gasteiger charge is 2.21. The van der Waals surface area contributed by atoms with Gasteiger partial charge in [-0.05, 0) is 25.9 Å². The van der Waals surface area contributed by atoms with E-state index in [0.717, 1.165) is 25.9 Å². The van der Waals surface area contributed by atoms with Gasteiger partial charge >= 0.3 is 0 Å². The van der Waals surface area contributed by atoms with Crippen molar-refractivity contribution < 1.29 is 9.59 Å². The molecule has 0 spiro atoms. The van der Waals surface area contributed by atoms with Crippen molar-refractivity contribution in [3.05, 3.63) is 0 Å². The van der Waals surface area contributed by atoms with Crippen LogP contribution in [0.2, 0.25) is 0 Å². The van der Waals surface area contributed by atoms with E-state index in [1.807, 2.05) is 4.90 Å². The Labute approximate surface area is 104 Å². The van der Waals surface area contributed by atoms with Gasteiger partial charge in [0.1, 0.15) is 5.78 Å². The number of amides is 1. The summed E-state index contributed by atoms with van der Waals surface area (Å²) in [5.41, 5.74) is 0. The number of Topliss-reactive ketones (excluding diaryl/α,β-unsaturated/α-hetero) is 1. The van der Waals surface area contributed by atoms with E-state index < -0.39 is 0 Å². The van der Waals surface area contributed by atoms with Crippen LogP contribution in [0.25, 0.3) is 0 Å². The summed E-state index contributed by atoms with van der Waals surface area (Å²) in [4.78, 5) is 27.2. The quantitative estimate of drug-likeness (QED) is 0.702. The molecule has 0 aromatic heterocycles. The van der Waals surface area contributed by atoms with Crippen molar-refractivity contribution in [2.24, 2.45) is 0 Å². The summed E-state index contributed by atoms with van der Waals surface area (Å²) in [7, 11) is 0. The molecule has 0 radical (unpaired) electrons. The molecule has 1 aliphatic rings. The number of likely N-dealkylation sites (tertiary alicyclic amines) is 1. The van der Waals surface area contributed by atoms with Crippen LogP contribution in [0.4, 0.5) is 0 Å². The number of carbonyl (C=O) groups excluding carboxylic acids is 2. The van der Waals surface area contributed by atoms with E-state index in [2.05, 4.69) is 18.7 Å². The van der Waals surface area contributed by atoms with Gasteiger partial charge in [-0.25, -0.2) is 0 Å². The van der Waals surface area contributed by atoms with Crippen molar-refractivity contribution in [1.82, 2.24) is 9.80 Å². The minimum Gasteiger partial charge on any atom is -0.341 e. The number of carbonyl (C=O) groups is 2. The molecule has 1 aliphatic heterocycles. The molecule has 0 bridgehead atoms. The Morgan fingerprint density at radius 2 is 1.71 bits per heavy atom. The molecule has 1 saturated heterocycles. The third kappa shape index (κ3) is 4.86. The van der Waals surface area contributed by atoms with Crippen molar-refractivity contribution in [2.45, 2.75) is 39.5 Å². The summed E-state index contributed by atoms with van der Waals surface area (Å²) in [6.45, 7) is 7.96. The van der Waals surface area contributed by atoms with Crippen molar-refractivity contribution in [3.8, 4) is 0 Å². The van der Waals surface area contributed by atoms with Crippen molar-refractivity contribution in [2.75, 3.05) is 32.7 Å². The molecule has 98 valence electrons. The third-order valence-electron chi connectivity index (χ3n) is 3.11. The SMILES string of the molecule is CCCN(CCC)CC(=O)N1CCC(=O)CC1. The molecule has 4 nitrogen and oxygen atoms in total. The van der Waals surface area contributed by atoms with Crippen LogP contribution in [0.3, 0.4) is 0 Å². The molecule has 4 heteroatoms. The van der Waals surface area contributed by atoms with Crippen LogP contribution >= 0.6 is 0 Å². The highest BCUT2D eigenvalue weighted by Crippen LogP contribution is 2.07. The Kier molecular flexibility index (Phi) is 6.19. The lowest BCUT2D eigenvalue weighted by Gasteiger charge is -2.29. The van der Waals surface area contributed by atoms with E-state index >= 15 is 0 Å². The maximum atomic E-state index is 12.0. The van der Waals surface area contributed by atoms with Crippen LogP contribution in [-0.4, -0.2) is 54.2 Å². The van der Waals surface area contributed by atoms with E-state index in [0.29, 0.717) is 32.5 Å². The molecule has 0 saturated carbocycles. The van der Waals surface area contributed by atoms with Gasteiger partial charge in [-0.1, -0.05) is 13.8 Å². The summed E-state index contributed by atoms with van der Waals surface area (Å²) in [5, 5.41) is 0. The van der Waals surface area contributed by atoms with Crippen LogP contribution in [0, 0.1) is 0 Å². The molecular formula is C13H24N2O2. The molecule has 0 N–H and O–H groups in total. The predicted octanol–water partition coefficient (Wildman–Crippen LogP) is 1.30.